The maximum Gasteiger partial charge on any atom is 0.0467 e. The Balaban J connectivity index is 0.000000291. The van der Waals surface area contributed by atoms with Crippen molar-refractivity contribution in [3.8, 4) is 0 Å². The van der Waals surface area contributed by atoms with Crippen LogP contribution >= 0.6 is 0 Å². The second kappa shape index (κ2) is 6.54. The highest BCUT2D eigenvalue weighted by Crippen LogP contribution is 2.36. The van der Waals surface area contributed by atoms with Crippen LogP contribution in [0.1, 0.15) is 39.2 Å². The molecule has 2 N–H and O–H groups in total. The maximum absolute atomic E-state index is 3.53. The zero-order chi connectivity index (χ0) is 12.0. The molecule has 2 heterocycles. The molecule has 0 amide bonds. The second-order valence-corrected chi connectivity index (χ2v) is 3.60. The van der Waals surface area contributed by atoms with Gasteiger partial charge in [-0.15, -0.1) is 0 Å². The number of rotatable bonds is 0. The smallest absolute Gasteiger partial charge is 0.0467 e. The van der Waals surface area contributed by atoms with E-state index in [4.69, 9.17) is 0 Å². The summed E-state index contributed by atoms with van der Waals surface area (Å²) in [6.07, 6.45) is 0. The lowest BCUT2D eigenvalue weighted by atomic mass is 9.98. The van der Waals surface area contributed by atoms with E-state index in [0.717, 1.165) is 13.1 Å². The van der Waals surface area contributed by atoms with Gasteiger partial charge in [-0.2, -0.15) is 0 Å². The molecular weight excluding hydrogens is 196 g/mol. The lowest BCUT2D eigenvalue weighted by molar-refractivity contribution is 0.736. The minimum atomic E-state index is 0.641. The van der Waals surface area contributed by atoms with Crippen LogP contribution < -0.4 is 10.6 Å². The zero-order valence-corrected chi connectivity index (χ0v) is 10.9. The average molecular weight is 220 g/mol. The van der Waals surface area contributed by atoms with E-state index in [9.17, 15) is 0 Å². The van der Waals surface area contributed by atoms with Crippen molar-refractivity contribution in [2.24, 2.45) is 0 Å². The van der Waals surface area contributed by atoms with Gasteiger partial charge >= 0.3 is 0 Å². The van der Waals surface area contributed by atoms with E-state index in [-0.39, 0.29) is 0 Å². The van der Waals surface area contributed by atoms with Crippen LogP contribution in [0.25, 0.3) is 0 Å². The summed E-state index contributed by atoms with van der Waals surface area (Å²) in [5.41, 5.74) is 2.83. The van der Waals surface area contributed by atoms with E-state index >= 15 is 0 Å². The van der Waals surface area contributed by atoms with E-state index in [1.54, 1.807) is 0 Å². The minimum absolute atomic E-state index is 0.641. The molecule has 2 aliphatic heterocycles. The Morgan fingerprint density at radius 2 is 1.69 bits per heavy atom. The van der Waals surface area contributed by atoms with Gasteiger partial charge in [-0.3, -0.25) is 0 Å². The van der Waals surface area contributed by atoms with Gasteiger partial charge in [0.25, 0.3) is 0 Å². The molecule has 1 saturated heterocycles. The average Bonchev–Trinajstić information content (AvgIpc) is 2.94. The Kier molecular flexibility index (Phi) is 5.33. The summed E-state index contributed by atoms with van der Waals surface area (Å²) in [6.45, 7) is 10.2. The monoisotopic (exact) mass is 220 g/mol. The fraction of sp³-hybridized carbons (Fsp3) is 0.571. The van der Waals surface area contributed by atoms with Gasteiger partial charge in [0.1, 0.15) is 0 Å². The number of anilines is 1. The largest absolute Gasteiger partial charge is 0.380 e. The molecule has 2 aliphatic rings. The Morgan fingerprint density at radius 3 is 2.44 bits per heavy atom. The van der Waals surface area contributed by atoms with E-state index < -0.39 is 0 Å². The summed E-state index contributed by atoms with van der Waals surface area (Å²) in [5, 5.41) is 6.94. The summed E-state index contributed by atoms with van der Waals surface area (Å²) in [7, 11) is 0. The molecule has 2 heteroatoms. The molecule has 2 unspecified atom stereocenters. The highest BCUT2D eigenvalue weighted by atomic mass is 15.1. The number of nitrogens with one attached hydrogen (secondary N) is 2. The summed E-state index contributed by atoms with van der Waals surface area (Å²) in [5.74, 6) is 0.709. The number of para-hydroxylation sites is 1. The number of hydrogen-bond donors (Lipinski definition) is 2. The molecule has 0 radical (unpaired) electrons. The molecule has 0 aromatic heterocycles. The molecule has 1 aromatic rings. The van der Waals surface area contributed by atoms with Crippen LogP contribution in [-0.2, 0) is 0 Å². The second-order valence-electron chi connectivity index (χ2n) is 3.60. The first kappa shape index (κ1) is 13.0. The van der Waals surface area contributed by atoms with Gasteiger partial charge in [0, 0.05) is 30.7 Å². The van der Waals surface area contributed by atoms with Crippen LogP contribution in [0.4, 0.5) is 5.69 Å². The third-order valence-corrected chi connectivity index (χ3v) is 2.92. The van der Waals surface area contributed by atoms with Crippen LogP contribution in [0, 0.1) is 0 Å². The SMILES string of the molecule is CC.CC.c1ccc2c(c1)NC1CNCC21. The molecule has 90 valence electrons. The van der Waals surface area contributed by atoms with Crippen LogP contribution in [-0.4, -0.2) is 19.1 Å². The van der Waals surface area contributed by atoms with Crippen LogP contribution in [0.3, 0.4) is 0 Å². The van der Waals surface area contributed by atoms with Crippen molar-refractivity contribution in [3.63, 3.8) is 0 Å². The van der Waals surface area contributed by atoms with Crippen molar-refractivity contribution >= 4 is 5.69 Å². The predicted molar refractivity (Wildman–Crippen MR) is 72.2 cm³/mol. The molecule has 0 aliphatic carbocycles. The quantitative estimate of drug-likeness (QED) is 0.701. The molecule has 1 fully saturated rings. The van der Waals surface area contributed by atoms with E-state index in [1.807, 2.05) is 27.7 Å². The third kappa shape index (κ3) is 2.38. The van der Waals surface area contributed by atoms with Crippen LogP contribution in [0.5, 0.6) is 0 Å². The van der Waals surface area contributed by atoms with E-state index in [0.29, 0.717) is 12.0 Å². The lowest BCUT2D eigenvalue weighted by Crippen LogP contribution is -2.20. The van der Waals surface area contributed by atoms with Crippen LogP contribution in [0.15, 0.2) is 24.3 Å². The number of benzene rings is 1. The molecule has 0 spiro atoms. The first-order valence-corrected chi connectivity index (χ1v) is 6.51. The topological polar surface area (TPSA) is 24.1 Å². The molecule has 16 heavy (non-hydrogen) atoms. The molecule has 1 aromatic carbocycles. The van der Waals surface area contributed by atoms with Gasteiger partial charge < -0.3 is 10.6 Å². The van der Waals surface area contributed by atoms with Crippen molar-refractivity contribution in [2.45, 2.75) is 39.7 Å². The molecule has 2 nitrogen and oxygen atoms in total. The standard InChI is InChI=1S/C10H12N2.2C2H6/c1-2-4-9-7(3-1)8-5-11-6-10(8)12-9;2*1-2/h1-4,8,10-12H,5-6H2;2*1-2H3. The fourth-order valence-electron chi connectivity index (χ4n) is 2.31. The zero-order valence-electron chi connectivity index (χ0n) is 10.9. The van der Waals surface area contributed by atoms with E-state index in [2.05, 4.69) is 34.9 Å². The van der Waals surface area contributed by atoms with Crippen molar-refractivity contribution in [2.75, 3.05) is 18.4 Å². The van der Waals surface area contributed by atoms with Crippen LogP contribution in [0.2, 0.25) is 0 Å². The predicted octanol–water partition coefficient (Wildman–Crippen LogP) is 3.22. The first-order chi connectivity index (χ1) is 7.95. The van der Waals surface area contributed by atoms with Gasteiger partial charge in [-0.05, 0) is 11.6 Å². The molecule has 3 rings (SSSR count). The van der Waals surface area contributed by atoms with Gasteiger partial charge in [0.2, 0.25) is 0 Å². The highest BCUT2D eigenvalue weighted by Gasteiger charge is 2.34. The Labute approximate surface area is 99.5 Å². The highest BCUT2D eigenvalue weighted by molar-refractivity contribution is 5.60. The number of fused-ring (bicyclic) bond motifs is 3. The molecule has 2 atom stereocenters. The van der Waals surface area contributed by atoms with E-state index in [1.165, 1.54) is 11.3 Å². The minimum Gasteiger partial charge on any atom is -0.380 e. The van der Waals surface area contributed by atoms with Gasteiger partial charge in [0.05, 0.1) is 0 Å². The fourth-order valence-corrected chi connectivity index (χ4v) is 2.31. The Morgan fingerprint density at radius 1 is 1.00 bits per heavy atom. The molecule has 0 saturated carbocycles. The summed E-state index contributed by atoms with van der Waals surface area (Å²) >= 11 is 0. The lowest BCUT2D eigenvalue weighted by Gasteiger charge is -2.06. The van der Waals surface area contributed by atoms with Crippen molar-refractivity contribution in [3.05, 3.63) is 29.8 Å². The van der Waals surface area contributed by atoms with Gasteiger partial charge in [-0.25, -0.2) is 0 Å². The van der Waals surface area contributed by atoms with Gasteiger partial charge in [0.15, 0.2) is 0 Å². The first-order valence-electron chi connectivity index (χ1n) is 6.51. The molecular formula is C14H24N2. The molecule has 0 bridgehead atoms. The third-order valence-electron chi connectivity index (χ3n) is 2.92. The summed E-state index contributed by atoms with van der Waals surface area (Å²) in [4.78, 5) is 0. The van der Waals surface area contributed by atoms with Crippen molar-refractivity contribution < 1.29 is 0 Å². The Bertz CT molecular complexity index is 309. The number of hydrogen-bond acceptors (Lipinski definition) is 2. The Hall–Kier alpha value is -1.02. The summed E-state index contributed by atoms with van der Waals surface area (Å²) in [6, 6.07) is 9.28. The normalized spacial score (nSPS) is 24.0. The van der Waals surface area contributed by atoms with Gasteiger partial charge in [-0.1, -0.05) is 45.9 Å². The summed E-state index contributed by atoms with van der Waals surface area (Å²) < 4.78 is 0. The van der Waals surface area contributed by atoms with Crippen molar-refractivity contribution in [1.82, 2.24) is 5.32 Å². The maximum atomic E-state index is 3.53. The van der Waals surface area contributed by atoms with Crippen molar-refractivity contribution in [1.29, 1.82) is 0 Å².